The Hall–Kier alpha value is -2.52. The highest BCUT2D eigenvalue weighted by Crippen LogP contribution is 2.26. The quantitative estimate of drug-likeness (QED) is 0.781. The van der Waals surface area contributed by atoms with Crippen molar-refractivity contribution in [1.29, 1.82) is 5.26 Å². The predicted molar refractivity (Wildman–Crippen MR) is 79.5 cm³/mol. The Morgan fingerprint density at radius 3 is 3.00 bits per heavy atom. The summed E-state index contributed by atoms with van der Waals surface area (Å²) in [6.07, 6.45) is 3.22. The highest BCUT2D eigenvalue weighted by molar-refractivity contribution is 9.10. The molecule has 0 fully saturated rings. The highest BCUT2D eigenvalue weighted by Gasteiger charge is 2.07. The van der Waals surface area contributed by atoms with Crippen molar-refractivity contribution in [2.24, 2.45) is 0 Å². The van der Waals surface area contributed by atoms with Crippen LogP contribution in [0.4, 0.5) is 11.5 Å². The summed E-state index contributed by atoms with van der Waals surface area (Å²) >= 11 is 3.40. The Bertz CT molecular complexity index is 825. The van der Waals surface area contributed by atoms with Gasteiger partial charge in [-0.25, -0.2) is 0 Å². The van der Waals surface area contributed by atoms with Crippen LogP contribution >= 0.6 is 15.9 Å². The fraction of sp³-hybridized carbons (Fsp3) is 0. The van der Waals surface area contributed by atoms with Crippen LogP contribution in [0, 0.1) is 11.3 Å². The Morgan fingerprint density at radius 2 is 2.15 bits per heavy atom. The first kappa shape index (κ1) is 12.5. The molecule has 0 saturated heterocycles. The zero-order chi connectivity index (χ0) is 13.9. The molecule has 2 aromatic heterocycles. The van der Waals surface area contributed by atoms with E-state index in [0.717, 1.165) is 21.1 Å². The number of para-hydroxylation sites is 1. The van der Waals surface area contributed by atoms with Gasteiger partial charge in [-0.05, 0) is 34.1 Å². The second-order valence-electron chi connectivity index (χ2n) is 4.06. The lowest BCUT2D eigenvalue weighted by molar-refractivity contribution is 1.03. The minimum Gasteiger partial charge on any atom is -0.336 e. The second kappa shape index (κ2) is 5.23. The number of nitriles is 1. The molecule has 96 valence electrons. The molecule has 0 aliphatic carbocycles. The third-order valence-electron chi connectivity index (χ3n) is 2.77. The SMILES string of the molecule is N#Cc1ccnnc1Nc1cccc2cc(Br)cnc12. The molecular weight excluding hydrogens is 318 g/mol. The van der Waals surface area contributed by atoms with Crippen LogP contribution in [0.3, 0.4) is 0 Å². The van der Waals surface area contributed by atoms with E-state index in [2.05, 4.69) is 42.5 Å². The highest BCUT2D eigenvalue weighted by atomic mass is 79.9. The van der Waals surface area contributed by atoms with Crippen molar-refractivity contribution in [1.82, 2.24) is 15.2 Å². The summed E-state index contributed by atoms with van der Waals surface area (Å²) in [6.45, 7) is 0. The lowest BCUT2D eigenvalue weighted by Crippen LogP contribution is -1.99. The van der Waals surface area contributed by atoms with Crippen LogP contribution in [-0.4, -0.2) is 15.2 Å². The van der Waals surface area contributed by atoms with Crippen molar-refractivity contribution in [3.63, 3.8) is 0 Å². The topological polar surface area (TPSA) is 74.5 Å². The van der Waals surface area contributed by atoms with Gasteiger partial charge in [-0.15, -0.1) is 5.10 Å². The summed E-state index contributed by atoms with van der Waals surface area (Å²) in [4.78, 5) is 4.39. The summed E-state index contributed by atoms with van der Waals surface area (Å²) in [5.74, 6) is 0.423. The van der Waals surface area contributed by atoms with Gasteiger partial charge in [0.25, 0.3) is 0 Å². The molecule has 3 rings (SSSR count). The van der Waals surface area contributed by atoms with Gasteiger partial charge in [0, 0.05) is 16.1 Å². The maximum atomic E-state index is 9.07. The number of hydrogen-bond acceptors (Lipinski definition) is 5. The van der Waals surface area contributed by atoms with Crippen LogP contribution in [0.25, 0.3) is 10.9 Å². The third-order valence-corrected chi connectivity index (χ3v) is 3.21. The van der Waals surface area contributed by atoms with Crippen LogP contribution in [0.1, 0.15) is 5.56 Å². The summed E-state index contributed by atoms with van der Waals surface area (Å²) in [6, 6.07) is 11.5. The van der Waals surface area contributed by atoms with Crippen molar-refractivity contribution in [2.45, 2.75) is 0 Å². The van der Waals surface area contributed by atoms with Gasteiger partial charge in [-0.1, -0.05) is 12.1 Å². The Balaban J connectivity index is 2.10. The van der Waals surface area contributed by atoms with E-state index < -0.39 is 0 Å². The molecule has 6 heteroatoms. The molecule has 0 saturated carbocycles. The van der Waals surface area contributed by atoms with Crippen molar-refractivity contribution in [2.75, 3.05) is 5.32 Å². The molecule has 1 aromatic carbocycles. The summed E-state index contributed by atoms with van der Waals surface area (Å²) in [7, 11) is 0. The standard InChI is InChI=1S/C14H8BrN5/c15-11-6-9-2-1-3-12(13(9)17-8-11)19-14-10(7-16)4-5-18-20-14/h1-6,8H,(H,19,20). The first-order chi connectivity index (χ1) is 9.78. The Labute approximate surface area is 123 Å². The van der Waals surface area contributed by atoms with E-state index >= 15 is 0 Å². The first-order valence-electron chi connectivity index (χ1n) is 5.81. The van der Waals surface area contributed by atoms with Crippen LogP contribution in [0.5, 0.6) is 0 Å². The van der Waals surface area contributed by atoms with Gasteiger partial charge in [0.15, 0.2) is 5.82 Å². The maximum absolute atomic E-state index is 9.07. The average Bonchev–Trinajstić information content (AvgIpc) is 2.47. The van der Waals surface area contributed by atoms with E-state index in [0.29, 0.717) is 11.4 Å². The number of aromatic nitrogens is 3. The minimum absolute atomic E-state index is 0.423. The van der Waals surface area contributed by atoms with E-state index in [-0.39, 0.29) is 0 Å². The van der Waals surface area contributed by atoms with E-state index in [1.807, 2.05) is 24.3 Å². The number of nitrogens with one attached hydrogen (secondary N) is 1. The largest absolute Gasteiger partial charge is 0.336 e. The zero-order valence-corrected chi connectivity index (χ0v) is 11.8. The van der Waals surface area contributed by atoms with Crippen molar-refractivity contribution < 1.29 is 0 Å². The second-order valence-corrected chi connectivity index (χ2v) is 4.98. The van der Waals surface area contributed by atoms with Crippen molar-refractivity contribution in [3.8, 4) is 6.07 Å². The van der Waals surface area contributed by atoms with E-state index in [9.17, 15) is 0 Å². The molecule has 0 atom stereocenters. The number of halogens is 1. The zero-order valence-electron chi connectivity index (χ0n) is 10.2. The van der Waals surface area contributed by atoms with Gasteiger partial charge in [0.05, 0.1) is 23.0 Å². The monoisotopic (exact) mass is 325 g/mol. The number of rotatable bonds is 2. The van der Waals surface area contributed by atoms with Gasteiger partial charge in [0.1, 0.15) is 6.07 Å². The Morgan fingerprint density at radius 1 is 1.25 bits per heavy atom. The lowest BCUT2D eigenvalue weighted by Gasteiger charge is -2.08. The minimum atomic E-state index is 0.423. The predicted octanol–water partition coefficient (Wildman–Crippen LogP) is 3.40. The van der Waals surface area contributed by atoms with Gasteiger partial charge >= 0.3 is 0 Å². The molecule has 0 bridgehead atoms. The molecule has 1 N–H and O–H groups in total. The molecule has 0 aliphatic heterocycles. The van der Waals surface area contributed by atoms with E-state index in [1.165, 1.54) is 6.20 Å². The molecule has 20 heavy (non-hydrogen) atoms. The lowest BCUT2D eigenvalue weighted by atomic mass is 10.2. The van der Waals surface area contributed by atoms with Crippen LogP contribution in [0.2, 0.25) is 0 Å². The first-order valence-corrected chi connectivity index (χ1v) is 6.60. The number of fused-ring (bicyclic) bond motifs is 1. The third kappa shape index (κ3) is 2.31. The molecule has 3 aromatic rings. The molecule has 0 unspecified atom stereocenters. The fourth-order valence-corrected chi connectivity index (χ4v) is 2.23. The van der Waals surface area contributed by atoms with Crippen molar-refractivity contribution >= 4 is 38.3 Å². The van der Waals surface area contributed by atoms with Crippen LogP contribution in [-0.2, 0) is 0 Å². The molecule has 0 amide bonds. The number of pyridine rings is 1. The summed E-state index contributed by atoms with van der Waals surface area (Å²) in [5, 5.41) is 20.9. The molecular formula is C14H8BrN5. The van der Waals surface area contributed by atoms with E-state index in [1.54, 1.807) is 12.3 Å². The van der Waals surface area contributed by atoms with Gasteiger partial charge in [-0.3, -0.25) is 4.98 Å². The van der Waals surface area contributed by atoms with Gasteiger partial charge < -0.3 is 5.32 Å². The summed E-state index contributed by atoms with van der Waals surface area (Å²) in [5.41, 5.74) is 2.03. The molecule has 5 nitrogen and oxygen atoms in total. The maximum Gasteiger partial charge on any atom is 0.171 e. The summed E-state index contributed by atoms with van der Waals surface area (Å²) < 4.78 is 0.916. The van der Waals surface area contributed by atoms with Gasteiger partial charge in [-0.2, -0.15) is 10.4 Å². The number of nitrogens with zero attached hydrogens (tertiary/aromatic N) is 4. The number of hydrogen-bond donors (Lipinski definition) is 1. The molecule has 0 spiro atoms. The molecule has 0 aliphatic rings. The smallest absolute Gasteiger partial charge is 0.171 e. The van der Waals surface area contributed by atoms with E-state index in [4.69, 9.17) is 5.26 Å². The normalized spacial score (nSPS) is 10.2. The average molecular weight is 326 g/mol. The number of benzene rings is 1. The number of anilines is 2. The van der Waals surface area contributed by atoms with Crippen molar-refractivity contribution in [3.05, 3.63) is 52.8 Å². The Kier molecular flexibility index (Phi) is 3.27. The molecule has 2 heterocycles. The van der Waals surface area contributed by atoms with Crippen LogP contribution in [0.15, 0.2) is 47.2 Å². The van der Waals surface area contributed by atoms with Gasteiger partial charge in [0.2, 0.25) is 0 Å². The van der Waals surface area contributed by atoms with Crippen LogP contribution < -0.4 is 5.32 Å². The fourth-order valence-electron chi connectivity index (χ4n) is 1.88. The molecule has 0 radical (unpaired) electrons.